The van der Waals surface area contributed by atoms with E-state index in [9.17, 15) is 9.90 Å². The molecule has 0 aromatic carbocycles. The number of hydrogen-bond donors (Lipinski definition) is 1. The predicted octanol–water partition coefficient (Wildman–Crippen LogP) is 1.70. The van der Waals surface area contributed by atoms with Crippen LogP contribution in [0.4, 0.5) is 0 Å². The third-order valence-corrected chi connectivity index (χ3v) is 4.12. The van der Waals surface area contributed by atoms with Gasteiger partial charge in [0.2, 0.25) is 0 Å². The molecule has 1 atom stereocenters. The van der Waals surface area contributed by atoms with Gasteiger partial charge in [0.05, 0.1) is 26.7 Å². The Kier molecular flexibility index (Phi) is 10.8. The number of aliphatic hydroxyl groups excluding tert-OH is 1. The van der Waals surface area contributed by atoms with Crippen LogP contribution in [0.5, 0.6) is 0 Å². The van der Waals surface area contributed by atoms with Crippen LogP contribution < -0.4 is 5.11 Å². The Labute approximate surface area is 124 Å². The minimum Gasteiger partial charge on any atom is -0.544 e. The van der Waals surface area contributed by atoms with Crippen molar-refractivity contribution in [1.29, 1.82) is 0 Å². The molecule has 120 valence electrons. The summed E-state index contributed by atoms with van der Waals surface area (Å²) in [5, 5.41) is 20.3. The van der Waals surface area contributed by atoms with E-state index in [0.29, 0.717) is 17.4 Å². The first-order valence-electron chi connectivity index (χ1n) is 8.10. The number of unbranched alkanes of at least 4 members (excludes halogenated alkanes) is 7. The fraction of sp³-hybridized carbons (Fsp3) is 0.938. The number of quaternary nitrogens is 1. The van der Waals surface area contributed by atoms with Gasteiger partial charge in [-0.3, -0.25) is 0 Å². The first-order chi connectivity index (χ1) is 9.45. The highest BCUT2D eigenvalue weighted by Crippen LogP contribution is 2.16. The van der Waals surface area contributed by atoms with E-state index in [2.05, 4.69) is 6.92 Å². The maximum atomic E-state index is 11.3. The van der Waals surface area contributed by atoms with Gasteiger partial charge in [0.15, 0.2) is 0 Å². The molecule has 0 aliphatic carbocycles. The lowest BCUT2D eigenvalue weighted by molar-refractivity contribution is -0.909. The molecule has 0 fully saturated rings. The second kappa shape index (κ2) is 11.1. The maximum Gasteiger partial charge on any atom is 0.129 e. The van der Waals surface area contributed by atoms with Crippen molar-refractivity contribution in [2.45, 2.75) is 70.8 Å². The molecule has 0 aliphatic rings. The molecule has 4 nitrogen and oxygen atoms in total. The van der Waals surface area contributed by atoms with Gasteiger partial charge >= 0.3 is 0 Å². The molecule has 0 aliphatic heterocycles. The predicted molar refractivity (Wildman–Crippen MR) is 80.1 cm³/mol. The Balaban J connectivity index is 3.85. The average molecular weight is 287 g/mol. The van der Waals surface area contributed by atoms with Crippen LogP contribution in [0.25, 0.3) is 0 Å². The smallest absolute Gasteiger partial charge is 0.129 e. The summed E-state index contributed by atoms with van der Waals surface area (Å²) in [6, 6.07) is -0.512. The van der Waals surface area contributed by atoms with Crippen LogP contribution in [-0.2, 0) is 4.79 Å². The number of likely N-dealkylation sites (N-methyl/N-ethyl adjacent to an activating group) is 1. The number of rotatable bonds is 13. The van der Waals surface area contributed by atoms with Crippen LogP contribution in [0, 0.1) is 0 Å². The molecule has 1 N–H and O–H groups in total. The Morgan fingerprint density at radius 1 is 1.05 bits per heavy atom. The third-order valence-electron chi connectivity index (χ3n) is 4.12. The van der Waals surface area contributed by atoms with E-state index in [0.717, 1.165) is 12.8 Å². The van der Waals surface area contributed by atoms with Crippen LogP contribution in [0.15, 0.2) is 0 Å². The molecule has 0 saturated carbocycles. The summed E-state index contributed by atoms with van der Waals surface area (Å²) in [6.45, 7) is 2.68. The van der Waals surface area contributed by atoms with Gasteiger partial charge in [0.25, 0.3) is 0 Å². The lowest BCUT2D eigenvalue weighted by Gasteiger charge is -2.38. The van der Waals surface area contributed by atoms with Crippen molar-refractivity contribution in [3.63, 3.8) is 0 Å². The van der Waals surface area contributed by atoms with Crippen molar-refractivity contribution in [2.24, 2.45) is 0 Å². The maximum absolute atomic E-state index is 11.3. The number of carboxylic acid groups (broad SMARTS) is 1. The molecule has 0 bridgehead atoms. The van der Waals surface area contributed by atoms with Gasteiger partial charge in [0.1, 0.15) is 12.6 Å². The molecule has 1 unspecified atom stereocenters. The summed E-state index contributed by atoms with van der Waals surface area (Å²) < 4.78 is 0.301. The Morgan fingerprint density at radius 2 is 1.55 bits per heavy atom. The van der Waals surface area contributed by atoms with E-state index in [1.165, 1.54) is 38.5 Å². The fourth-order valence-electron chi connectivity index (χ4n) is 2.64. The lowest BCUT2D eigenvalue weighted by atomic mass is 10.0. The molecular formula is C16H33NO3. The van der Waals surface area contributed by atoms with Crippen LogP contribution >= 0.6 is 0 Å². The molecule has 0 rings (SSSR count). The molecule has 0 aromatic heterocycles. The van der Waals surface area contributed by atoms with Crippen LogP contribution in [0.2, 0.25) is 0 Å². The van der Waals surface area contributed by atoms with Crippen LogP contribution in [0.3, 0.4) is 0 Å². The summed E-state index contributed by atoms with van der Waals surface area (Å²) in [4.78, 5) is 11.3. The molecule has 0 spiro atoms. The average Bonchev–Trinajstić information content (AvgIpc) is 2.36. The molecule has 4 heteroatoms. The number of aliphatic hydroxyl groups is 1. The number of aliphatic carboxylic acids is 1. The van der Waals surface area contributed by atoms with Crippen molar-refractivity contribution in [1.82, 2.24) is 0 Å². The quantitative estimate of drug-likeness (QED) is 0.414. The zero-order valence-corrected chi connectivity index (χ0v) is 13.6. The highest BCUT2D eigenvalue weighted by molar-refractivity contribution is 5.69. The summed E-state index contributed by atoms with van der Waals surface area (Å²) in [5.41, 5.74) is 0. The second-order valence-corrected chi connectivity index (χ2v) is 6.32. The van der Waals surface area contributed by atoms with Crippen molar-refractivity contribution >= 4 is 5.97 Å². The van der Waals surface area contributed by atoms with Gasteiger partial charge in [-0.2, -0.15) is 0 Å². The third kappa shape index (κ3) is 8.54. The Morgan fingerprint density at radius 3 is 2.00 bits per heavy atom. The van der Waals surface area contributed by atoms with Gasteiger partial charge in [-0.25, -0.2) is 0 Å². The Bertz CT molecular complexity index is 254. The van der Waals surface area contributed by atoms with Gasteiger partial charge in [0, 0.05) is 6.42 Å². The van der Waals surface area contributed by atoms with Gasteiger partial charge in [-0.15, -0.1) is 0 Å². The minimum absolute atomic E-state index is 0.00814. The van der Waals surface area contributed by atoms with Crippen molar-refractivity contribution in [3.05, 3.63) is 0 Å². The SMILES string of the molecule is CCCCCCCCCCC(C(=O)[O-])[N+](C)(C)CCO. The fourth-order valence-corrected chi connectivity index (χ4v) is 2.64. The first kappa shape index (κ1) is 19.4. The topological polar surface area (TPSA) is 60.4 Å². The summed E-state index contributed by atoms with van der Waals surface area (Å²) in [7, 11) is 3.70. The van der Waals surface area contributed by atoms with Crippen molar-refractivity contribution in [3.8, 4) is 0 Å². The number of nitrogens with zero attached hydrogens (tertiary/aromatic N) is 1. The molecular weight excluding hydrogens is 254 g/mol. The normalized spacial score (nSPS) is 13.4. The number of carboxylic acids is 1. The van der Waals surface area contributed by atoms with E-state index in [4.69, 9.17) is 5.11 Å². The van der Waals surface area contributed by atoms with Crippen molar-refractivity contribution in [2.75, 3.05) is 27.2 Å². The first-order valence-corrected chi connectivity index (χ1v) is 8.10. The monoisotopic (exact) mass is 287 g/mol. The summed E-state index contributed by atoms with van der Waals surface area (Å²) in [5.74, 6) is -0.994. The van der Waals surface area contributed by atoms with Gasteiger partial charge in [-0.1, -0.05) is 51.9 Å². The van der Waals surface area contributed by atoms with Crippen LogP contribution in [0.1, 0.15) is 64.7 Å². The molecule has 0 radical (unpaired) electrons. The molecule has 0 heterocycles. The highest BCUT2D eigenvalue weighted by atomic mass is 16.4. The number of carbonyl (C=O) groups excluding carboxylic acids is 1. The second-order valence-electron chi connectivity index (χ2n) is 6.32. The van der Waals surface area contributed by atoms with Gasteiger partial charge in [-0.05, 0) is 6.42 Å². The zero-order valence-electron chi connectivity index (χ0n) is 13.6. The minimum atomic E-state index is -0.994. The zero-order chi connectivity index (χ0) is 15.4. The van der Waals surface area contributed by atoms with E-state index >= 15 is 0 Å². The molecule has 0 amide bonds. The van der Waals surface area contributed by atoms with E-state index < -0.39 is 12.0 Å². The molecule has 20 heavy (non-hydrogen) atoms. The molecule has 0 saturated heterocycles. The summed E-state index contributed by atoms with van der Waals surface area (Å²) in [6.07, 6.45) is 10.3. The number of carbonyl (C=O) groups is 1. The van der Waals surface area contributed by atoms with E-state index in [1.54, 1.807) is 0 Å². The van der Waals surface area contributed by atoms with Gasteiger partial charge < -0.3 is 19.5 Å². The standard InChI is InChI=1S/C16H33NO3/c1-4-5-6-7-8-9-10-11-12-15(16(19)20)17(2,3)13-14-18/h15,18H,4-14H2,1-3H3. The number of hydrogen-bond acceptors (Lipinski definition) is 3. The van der Waals surface area contributed by atoms with E-state index in [1.807, 2.05) is 14.1 Å². The van der Waals surface area contributed by atoms with Crippen molar-refractivity contribution < 1.29 is 19.5 Å². The Hall–Kier alpha value is -0.610. The summed E-state index contributed by atoms with van der Waals surface area (Å²) >= 11 is 0. The highest BCUT2D eigenvalue weighted by Gasteiger charge is 2.28. The molecule has 0 aromatic rings. The lowest BCUT2D eigenvalue weighted by Crippen LogP contribution is -2.58. The van der Waals surface area contributed by atoms with Crippen LogP contribution in [-0.4, -0.2) is 48.8 Å². The van der Waals surface area contributed by atoms with E-state index in [-0.39, 0.29) is 6.61 Å². The largest absolute Gasteiger partial charge is 0.544 e.